The second kappa shape index (κ2) is 6.13. The Morgan fingerprint density at radius 3 is 2.74 bits per heavy atom. The SMILES string of the molecule is CCc1nnc(N2CCC(CN(C)C(=O)C3(C(C)C)CC3)C2)o1. The van der Waals surface area contributed by atoms with Gasteiger partial charge in [0.15, 0.2) is 0 Å². The van der Waals surface area contributed by atoms with Crippen LogP contribution in [0.4, 0.5) is 6.01 Å². The predicted octanol–water partition coefficient (Wildman–Crippen LogP) is 2.35. The van der Waals surface area contributed by atoms with Crippen molar-refractivity contribution in [2.24, 2.45) is 17.3 Å². The minimum absolute atomic E-state index is 0.0739. The summed E-state index contributed by atoms with van der Waals surface area (Å²) < 4.78 is 5.64. The standard InChI is InChI=1S/C17H28N4O2/c1-5-14-18-19-16(23-14)21-9-6-13(11-21)10-20(4)15(22)17(7-8-17)12(2)3/h12-13H,5-11H2,1-4H3. The summed E-state index contributed by atoms with van der Waals surface area (Å²) in [7, 11) is 1.95. The van der Waals surface area contributed by atoms with Crippen LogP contribution < -0.4 is 4.90 Å². The number of carbonyl (C=O) groups excluding carboxylic acids is 1. The van der Waals surface area contributed by atoms with Crippen molar-refractivity contribution in [2.75, 3.05) is 31.6 Å². The maximum atomic E-state index is 12.7. The molecule has 2 aliphatic rings. The molecule has 1 amide bonds. The fourth-order valence-electron chi connectivity index (χ4n) is 3.69. The summed E-state index contributed by atoms with van der Waals surface area (Å²) in [5.74, 6) is 1.92. The molecule has 0 aromatic carbocycles. The van der Waals surface area contributed by atoms with Gasteiger partial charge in [0, 0.05) is 33.1 Å². The quantitative estimate of drug-likeness (QED) is 0.805. The van der Waals surface area contributed by atoms with E-state index >= 15 is 0 Å². The van der Waals surface area contributed by atoms with Gasteiger partial charge in [-0.05, 0) is 31.1 Å². The molecule has 3 rings (SSSR count). The van der Waals surface area contributed by atoms with Crippen molar-refractivity contribution in [3.63, 3.8) is 0 Å². The first-order chi connectivity index (χ1) is 11.0. The Bertz CT molecular complexity index is 565. The molecule has 1 aromatic rings. The Hall–Kier alpha value is -1.59. The predicted molar refractivity (Wildman–Crippen MR) is 88.1 cm³/mol. The first kappa shape index (κ1) is 16.3. The molecule has 1 atom stereocenters. The summed E-state index contributed by atoms with van der Waals surface area (Å²) in [6.45, 7) is 8.96. The van der Waals surface area contributed by atoms with E-state index in [0.29, 0.717) is 29.6 Å². The zero-order valence-electron chi connectivity index (χ0n) is 14.7. The highest BCUT2D eigenvalue weighted by atomic mass is 16.4. The van der Waals surface area contributed by atoms with Gasteiger partial charge in [0.25, 0.3) is 0 Å². The van der Waals surface area contributed by atoms with Gasteiger partial charge in [-0.3, -0.25) is 4.79 Å². The van der Waals surface area contributed by atoms with E-state index in [4.69, 9.17) is 4.42 Å². The van der Waals surface area contributed by atoms with Gasteiger partial charge in [0.05, 0.1) is 5.41 Å². The number of hydrogen-bond donors (Lipinski definition) is 0. The Morgan fingerprint density at radius 2 is 2.17 bits per heavy atom. The summed E-state index contributed by atoms with van der Waals surface area (Å²) >= 11 is 0. The minimum atomic E-state index is -0.0739. The summed E-state index contributed by atoms with van der Waals surface area (Å²) in [6.07, 6.45) is 3.92. The van der Waals surface area contributed by atoms with E-state index in [1.54, 1.807) is 0 Å². The molecule has 0 bridgehead atoms. The second-order valence-electron chi connectivity index (χ2n) is 7.43. The largest absolute Gasteiger partial charge is 0.408 e. The Balaban J connectivity index is 1.54. The summed E-state index contributed by atoms with van der Waals surface area (Å²) in [5.41, 5.74) is -0.0739. The molecule has 1 aliphatic carbocycles. The van der Waals surface area contributed by atoms with Gasteiger partial charge in [-0.2, -0.15) is 0 Å². The number of nitrogens with zero attached hydrogens (tertiary/aromatic N) is 4. The number of carbonyl (C=O) groups is 1. The van der Waals surface area contributed by atoms with Crippen LogP contribution in [0.5, 0.6) is 0 Å². The number of hydrogen-bond acceptors (Lipinski definition) is 5. The normalized spacial score (nSPS) is 22.7. The van der Waals surface area contributed by atoms with E-state index in [0.717, 1.165) is 45.3 Å². The van der Waals surface area contributed by atoms with Crippen molar-refractivity contribution < 1.29 is 9.21 Å². The van der Waals surface area contributed by atoms with E-state index in [2.05, 4.69) is 28.9 Å². The maximum absolute atomic E-state index is 12.7. The third-order valence-corrected chi connectivity index (χ3v) is 5.51. The molecule has 1 saturated heterocycles. The maximum Gasteiger partial charge on any atom is 0.318 e. The van der Waals surface area contributed by atoms with Gasteiger partial charge in [-0.1, -0.05) is 25.9 Å². The lowest BCUT2D eigenvalue weighted by Crippen LogP contribution is -2.40. The van der Waals surface area contributed by atoms with Gasteiger partial charge >= 0.3 is 6.01 Å². The van der Waals surface area contributed by atoms with Crippen LogP contribution in [-0.4, -0.2) is 47.7 Å². The van der Waals surface area contributed by atoms with Crippen LogP contribution >= 0.6 is 0 Å². The molecule has 2 heterocycles. The summed E-state index contributed by atoms with van der Waals surface area (Å²) in [5, 5.41) is 8.15. The minimum Gasteiger partial charge on any atom is -0.408 e. The number of rotatable bonds is 6. The molecule has 1 saturated carbocycles. The van der Waals surface area contributed by atoms with Crippen LogP contribution in [-0.2, 0) is 11.2 Å². The first-order valence-corrected chi connectivity index (χ1v) is 8.79. The van der Waals surface area contributed by atoms with Crippen LogP contribution in [0.25, 0.3) is 0 Å². The molecule has 6 nitrogen and oxygen atoms in total. The lowest BCUT2D eigenvalue weighted by atomic mass is 9.90. The van der Waals surface area contributed by atoms with Crippen molar-refractivity contribution in [3.8, 4) is 0 Å². The number of aryl methyl sites for hydroxylation is 1. The summed E-state index contributed by atoms with van der Waals surface area (Å²) in [6, 6.07) is 0.624. The van der Waals surface area contributed by atoms with Gasteiger partial charge in [-0.15, -0.1) is 5.10 Å². The van der Waals surface area contributed by atoms with Crippen LogP contribution in [0.1, 0.15) is 45.9 Å². The highest BCUT2D eigenvalue weighted by Gasteiger charge is 2.53. The third kappa shape index (κ3) is 3.08. The van der Waals surface area contributed by atoms with Crippen molar-refractivity contribution >= 4 is 11.9 Å². The Kier molecular flexibility index (Phi) is 4.34. The Labute approximate surface area is 138 Å². The molecule has 0 spiro atoms. The molecular formula is C17H28N4O2. The zero-order chi connectivity index (χ0) is 16.6. The lowest BCUT2D eigenvalue weighted by Gasteiger charge is -2.28. The average molecular weight is 320 g/mol. The van der Waals surface area contributed by atoms with Crippen LogP contribution in [0, 0.1) is 17.3 Å². The summed E-state index contributed by atoms with van der Waals surface area (Å²) in [4.78, 5) is 16.8. The fraction of sp³-hybridized carbons (Fsp3) is 0.824. The van der Waals surface area contributed by atoms with Crippen molar-refractivity contribution in [1.82, 2.24) is 15.1 Å². The van der Waals surface area contributed by atoms with E-state index in [9.17, 15) is 4.79 Å². The van der Waals surface area contributed by atoms with Crippen molar-refractivity contribution in [3.05, 3.63) is 5.89 Å². The fourth-order valence-corrected chi connectivity index (χ4v) is 3.69. The van der Waals surface area contributed by atoms with E-state index in [1.165, 1.54) is 0 Å². The number of aromatic nitrogens is 2. The highest BCUT2D eigenvalue weighted by Crippen LogP contribution is 2.53. The lowest BCUT2D eigenvalue weighted by molar-refractivity contribution is -0.137. The molecule has 128 valence electrons. The van der Waals surface area contributed by atoms with Gasteiger partial charge in [-0.25, -0.2) is 0 Å². The van der Waals surface area contributed by atoms with Gasteiger partial charge < -0.3 is 14.2 Å². The highest BCUT2D eigenvalue weighted by molar-refractivity contribution is 5.85. The van der Waals surface area contributed by atoms with Crippen molar-refractivity contribution in [1.29, 1.82) is 0 Å². The monoisotopic (exact) mass is 320 g/mol. The van der Waals surface area contributed by atoms with Crippen molar-refractivity contribution in [2.45, 2.75) is 46.5 Å². The Morgan fingerprint density at radius 1 is 1.43 bits per heavy atom. The molecule has 2 fully saturated rings. The van der Waals surface area contributed by atoms with E-state index < -0.39 is 0 Å². The van der Waals surface area contributed by atoms with E-state index in [1.807, 2.05) is 18.9 Å². The molecular weight excluding hydrogens is 292 g/mol. The average Bonchev–Trinajstić information content (AvgIpc) is 2.99. The molecule has 0 N–H and O–H groups in total. The number of anilines is 1. The van der Waals surface area contributed by atoms with E-state index in [-0.39, 0.29) is 5.41 Å². The van der Waals surface area contributed by atoms with Gasteiger partial charge in [0.1, 0.15) is 0 Å². The molecule has 0 radical (unpaired) electrons. The third-order valence-electron chi connectivity index (χ3n) is 5.51. The number of amides is 1. The molecule has 1 aromatic heterocycles. The second-order valence-corrected chi connectivity index (χ2v) is 7.43. The molecule has 6 heteroatoms. The molecule has 1 unspecified atom stereocenters. The topological polar surface area (TPSA) is 62.5 Å². The van der Waals surface area contributed by atoms with Crippen LogP contribution in [0.15, 0.2) is 4.42 Å². The van der Waals surface area contributed by atoms with Crippen LogP contribution in [0.2, 0.25) is 0 Å². The molecule has 23 heavy (non-hydrogen) atoms. The van der Waals surface area contributed by atoms with Gasteiger partial charge in [0.2, 0.25) is 11.8 Å². The zero-order valence-corrected chi connectivity index (χ0v) is 14.7. The smallest absolute Gasteiger partial charge is 0.318 e. The first-order valence-electron chi connectivity index (χ1n) is 8.79. The molecule has 1 aliphatic heterocycles. The van der Waals surface area contributed by atoms with Crippen LogP contribution in [0.3, 0.4) is 0 Å².